The molecule has 5 nitrogen and oxygen atoms in total. The highest BCUT2D eigenvalue weighted by Gasteiger charge is 2.21. The first kappa shape index (κ1) is 19.7. The van der Waals surface area contributed by atoms with E-state index in [4.69, 9.17) is 4.74 Å². The van der Waals surface area contributed by atoms with Gasteiger partial charge in [0.25, 0.3) is 0 Å². The number of nitrogens with one attached hydrogen (secondary N) is 2. The molecule has 1 aliphatic rings. The highest BCUT2D eigenvalue weighted by molar-refractivity contribution is 7.89. The van der Waals surface area contributed by atoms with Crippen molar-refractivity contribution in [2.75, 3.05) is 7.11 Å². The summed E-state index contributed by atoms with van der Waals surface area (Å²) in [6, 6.07) is 8.55. The standard InChI is InChI=1S/C17H19FN2O3S.ClH/c1-11-16(6-5-15(23-2)17(11)18)24(21,22)20-8-12-3-4-13-9-19-10-14(13)7-12;/h3-7,19-20H,8-10H2,1-2H3;1H. The number of hydrogen-bond acceptors (Lipinski definition) is 4. The van der Waals surface area contributed by atoms with Crippen LogP contribution in [-0.4, -0.2) is 15.5 Å². The molecule has 1 aliphatic heterocycles. The Morgan fingerprint density at radius 2 is 1.92 bits per heavy atom. The zero-order chi connectivity index (χ0) is 17.3. The topological polar surface area (TPSA) is 67.4 Å². The largest absolute Gasteiger partial charge is 0.494 e. The molecular formula is C17H20ClFN2O3S. The number of sulfonamides is 1. The van der Waals surface area contributed by atoms with Gasteiger partial charge in [-0.3, -0.25) is 0 Å². The summed E-state index contributed by atoms with van der Waals surface area (Å²) in [6.07, 6.45) is 0. The second-order valence-electron chi connectivity index (χ2n) is 5.74. The summed E-state index contributed by atoms with van der Waals surface area (Å²) in [5, 5.41) is 3.25. The van der Waals surface area contributed by atoms with E-state index in [9.17, 15) is 12.8 Å². The molecule has 0 radical (unpaired) electrons. The Kier molecular flexibility index (Phi) is 6.05. The SMILES string of the molecule is COc1ccc(S(=O)(=O)NCc2ccc3c(c2)CNC3)c(C)c1F.Cl. The van der Waals surface area contributed by atoms with Crippen molar-refractivity contribution in [2.24, 2.45) is 0 Å². The second-order valence-corrected chi connectivity index (χ2v) is 7.47. The summed E-state index contributed by atoms with van der Waals surface area (Å²) in [5.74, 6) is -0.637. The Hall–Kier alpha value is -1.67. The van der Waals surface area contributed by atoms with E-state index in [2.05, 4.69) is 10.0 Å². The van der Waals surface area contributed by atoms with Gasteiger partial charge in [0.1, 0.15) is 0 Å². The molecule has 0 amide bonds. The molecule has 0 aliphatic carbocycles. The Morgan fingerprint density at radius 1 is 1.20 bits per heavy atom. The van der Waals surface area contributed by atoms with Gasteiger partial charge in [-0.05, 0) is 35.7 Å². The fourth-order valence-corrected chi connectivity index (χ4v) is 4.06. The summed E-state index contributed by atoms with van der Waals surface area (Å²) in [5.41, 5.74) is 3.32. The van der Waals surface area contributed by atoms with Crippen LogP contribution in [0.4, 0.5) is 4.39 Å². The first-order chi connectivity index (χ1) is 11.4. The molecule has 2 N–H and O–H groups in total. The van der Waals surface area contributed by atoms with Crippen LogP contribution in [-0.2, 0) is 29.7 Å². The van der Waals surface area contributed by atoms with Gasteiger partial charge in [-0.1, -0.05) is 18.2 Å². The average molecular weight is 387 g/mol. The number of rotatable bonds is 5. The van der Waals surface area contributed by atoms with E-state index in [-0.39, 0.29) is 35.2 Å². The molecule has 0 saturated heterocycles. The fourth-order valence-electron chi connectivity index (χ4n) is 2.81. The lowest BCUT2D eigenvalue weighted by Gasteiger charge is -2.12. The third-order valence-electron chi connectivity index (χ3n) is 4.18. The van der Waals surface area contributed by atoms with Crippen LogP contribution in [0.3, 0.4) is 0 Å². The quantitative estimate of drug-likeness (QED) is 0.829. The van der Waals surface area contributed by atoms with E-state index in [1.165, 1.54) is 37.3 Å². The summed E-state index contributed by atoms with van der Waals surface area (Å²) >= 11 is 0. The predicted octanol–water partition coefficient (Wildman–Crippen LogP) is 2.65. The van der Waals surface area contributed by atoms with Gasteiger partial charge in [-0.2, -0.15) is 0 Å². The Morgan fingerprint density at radius 3 is 2.64 bits per heavy atom. The number of ether oxygens (including phenoxy) is 1. The van der Waals surface area contributed by atoms with Crippen LogP contribution in [0.5, 0.6) is 5.75 Å². The van der Waals surface area contributed by atoms with Gasteiger partial charge in [0.05, 0.1) is 12.0 Å². The van der Waals surface area contributed by atoms with Gasteiger partial charge in [0.2, 0.25) is 10.0 Å². The van der Waals surface area contributed by atoms with Crippen molar-refractivity contribution in [3.63, 3.8) is 0 Å². The lowest BCUT2D eigenvalue weighted by atomic mass is 10.1. The van der Waals surface area contributed by atoms with Crippen LogP contribution in [0.25, 0.3) is 0 Å². The summed E-state index contributed by atoms with van der Waals surface area (Å²) in [6.45, 7) is 3.21. The van der Waals surface area contributed by atoms with E-state index in [0.29, 0.717) is 0 Å². The molecule has 0 fully saturated rings. The number of halogens is 2. The predicted molar refractivity (Wildman–Crippen MR) is 95.9 cm³/mol. The van der Waals surface area contributed by atoms with Gasteiger partial charge < -0.3 is 10.1 Å². The smallest absolute Gasteiger partial charge is 0.241 e. The molecule has 25 heavy (non-hydrogen) atoms. The van der Waals surface area contributed by atoms with Crippen LogP contribution in [0.15, 0.2) is 35.2 Å². The van der Waals surface area contributed by atoms with E-state index >= 15 is 0 Å². The molecule has 0 atom stereocenters. The molecule has 0 saturated carbocycles. The first-order valence-corrected chi connectivity index (χ1v) is 9.05. The van der Waals surface area contributed by atoms with E-state index in [0.717, 1.165) is 18.7 Å². The van der Waals surface area contributed by atoms with Crippen molar-refractivity contribution < 1.29 is 17.5 Å². The molecule has 2 aromatic rings. The Balaban J connectivity index is 0.00000225. The molecular weight excluding hydrogens is 367 g/mol. The van der Waals surface area contributed by atoms with Crippen LogP contribution in [0, 0.1) is 12.7 Å². The third-order valence-corrected chi connectivity index (χ3v) is 5.72. The van der Waals surface area contributed by atoms with Crippen LogP contribution >= 0.6 is 12.4 Å². The van der Waals surface area contributed by atoms with Gasteiger partial charge in [0.15, 0.2) is 11.6 Å². The molecule has 1 heterocycles. The maximum Gasteiger partial charge on any atom is 0.241 e. The average Bonchev–Trinajstić information content (AvgIpc) is 3.03. The minimum Gasteiger partial charge on any atom is -0.494 e. The normalized spacial score (nSPS) is 13.2. The van der Waals surface area contributed by atoms with Gasteiger partial charge in [-0.15, -0.1) is 12.4 Å². The van der Waals surface area contributed by atoms with Crippen LogP contribution in [0.2, 0.25) is 0 Å². The van der Waals surface area contributed by atoms with Gasteiger partial charge in [0, 0.05) is 25.2 Å². The first-order valence-electron chi connectivity index (χ1n) is 7.56. The zero-order valence-corrected chi connectivity index (χ0v) is 15.6. The molecule has 3 rings (SSSR count). The maximum absolute atomic E-state index is 14.1. The monoisotopic (exact) mass is 386 g/mol. The van der Waals surface area contributed by atoms with Crippen molar-refractivity contribution in [1.29, 1.82) is 0 Å². The molecule has 136 valence electrons. The van der Waals surface area contributed by atoms with E-state index < -0.39 is 15.8 Å². The number of benzene rings is 2. The summed E-state index contributed by atoms with van der Waals surface area (Å²) in [4.78, 5) is -0.0800. The minimum atomic E-state index is -3.81. The minimum absolute atomic E-state index is 0. The van der Waals surface area contributed by atoms with Crippen LogP contribution in [0.1, 0.15) is 22.3 Å². The Labute approximate surface area is 153 Å². The number of methoxy groups -OCH3 is 1. The van der Waals surface area contributed by atoms with E-state index in [1.807, 2.05) is 18.2 Å². The highest BCUT2D eigenvalue weighted by Crippen LogP contribution is 2.26. The lowest BCUT2D eigenvalue weighted by molar-refractivity contribution is 0.384. The van der Waals surface area contributed by atoms with Gasteiger partial charge >= 0.3 is 0 Å². The molecule has 8 heteroatoms. The highest BCUT2D eigenvalue weighted by atomic mass is 35.5. The van der Waals surface area contributed by atoms with E-state index in [1.54, 1.807) is 0 Å². The summed E-state index contributed by atoms with van der Waals surface area (Å²) in [7, 11) is -2.47. The van der Waals surface area contributed by atoms with Crippen molar-refractivity contribution in [2.45, 2.75) is 31.5 Å². The second kappa shape index (κ2) is 7.70. The maximum atomic E-state index is 14.1. The summed E-state index contributed by atoms with van der Waals surface area (Å²) < 4.78 is 46.4. The molecule has 0 bridgehead atoms. The van der Waals surface area contributed by atoms with Gasteiger partial charge in [-0.25, -0.2) is 17.5 Å². The molecule has 0 aromatic heterocycles. The molecule has 0 spiro atoms. The van der Waals surface area contributed by atoms with Crippen molar-refractivity contribution >= 4 is 22.4 Å². The lowest BCUT2D eigenvalue weighted by Crippen LogP contribution is -2.24. The molecule has 2 aromatic carbocycles. The molecule has 0 unspecified atom stereocenters. The zero-order valence-electron chi connectivity index (χ0n) is 13.9. The fraction of sp³-hybridized carbons (Fsp3) is 0.294. The van der Waals surface area contributed by atoms with Crippen molar-refractivity contribution in [3.05, 3.63) is 58.4 Å². The number of fused-ring (bicyclic) bond motifs is 1. The van der Waals surface area contributed by atoms with Crippen LogP contribution < -0.4 is 14.8 Å². The van der Waals surface area contributed by atoms with Crippen molar-refractivity contribution in [3.8, 4) is 5.75 Å². The van der Waals surface area contributed by atoms with Crippen molar-refractivity contribution in [1.82, 2.24) is 10.0 Å². The third kappa shape index (κ3) is 3.95. The Bertz CT molecular complexity index is 888. The number of hydrogen-bond donors (Lipinski definition) is 2.